The minimum Gasteiger partial charge on any atom is -0.249 e. The summed E-state index contributed by atoms with van der Waals surface area (Å²) in [6, 6.07) is 0. The Balaban J connectivity index is 2.19. The van der Waals surface area contributed by atoms with E-state index in [4.69, 9.17) is 0 Å². The Kier molecular flexibility index (Phi) is 2.45. The number of hydrogen-bond acceptors (Lipinski definition) is 2. The molecule has 1 aromatic rings. The lowest BCUT2D eigenvalue weighted by Gasteiger charge is -2.20. The predicted molar refractivity (Wildman–Crippen MR) is 52.7 cm³/mol. The molecular formula is C10H15NS. The van der Waals surface area contributed by atoms with E-state index in [1.54, 1.807) is 4.88 Å². The Morgan fingerprint density at radius 3 is 3.42 bits per heavy atom. The van der Waals surface area contributed by atoms with Crippen LogP contribution in [-0.2, 0) is 6.42 Å². The van der Waals surface area contributed by atoms with Gasteiger partial charge in [0.25, 0.3) is 0 Å². The number of nitrogens with zero attached hydrogens (tertiary/aromatic N) is 1. The van der Waals surface area contributed by atoms with Crippen molar-refractivity contribution in [3.8, 4) is 0 Å². The highest BCUT2D eigenvalue weighted by molar-refractivity contribution is 7.09. The minimum atomic E-state index is 0.782. The molecule has 1 aliphatic rings. The van der Waals surface area contributed by atoms with Crippen molar-refractivity contribution in [1.29, 1.82) is 0 Å². The fraction of sp³-hybridized carbons (Fsp3) is 0.700. The third-order valence-electron chi connectivity index (χ3n) is 2.65. The summed E-state index contributed by atoms with van der Waals surface area (Å²) in [6.45, 7) is 2.26. The maximum atomic E-state index is 4.48. The van der Waals surface area contributed by atoms with Crippen LogP contribution < -0.4 is 0 Å². The highest BCUT2D eigenvalue weighted by Gasteiger charge is 2.21. The summed E-state index contributed by atoms with van der Waals surface area (Å²) in [7, 11) is 0. The molecule has 0 aliphatic heterocycles. The van der Waals surface area contributed by atoms with Crippen LogP contribution in [0.5, 0.6) is 0 Å². The molecule has 1 unspecified atom stereocenters. The molecule has 1 nitrogen and oxygen atoms in total. The first kappa shape index (κ1) is 8.24. The van der Waals surface area contributed by atoms with E-state index >= 15 is 0 Å². The third-order valence-corrected chi connectivity index (χ3v) is 3.56. The van der Waals surface area contributed by atoms with Gasteiger partial charge in [0.2, 0.25) is 0 Å². The molecule has 0 saturated heterocycles. The fourth-order valence-corrected chi connectivity index (χ4v) is 2.97. The predicted octanol–water partition coefficient (Wildman–Crippen LogP) is 3.36. The Labute approximate surface area is 77.8 Å². The molecule has 66 valence electrons. The highest BCUT2D eigenvalue weighted by Crippen LogP contribution is 2.35. The Morgan fingerprint density at radius 1 is 1.67 bits per heavy atom. The van der Waals surface area contributed by atoms with Crippen LogP contribution in [0.1, 0.15) is 49.1 Å². The third kappa shape index (κ3) is 1.40. The van der Waals surface area contributed by atoms with Gasteiger partial charge in [0.05, 0.1) is 11.2 Å². The smallest absolute Gasteiger partial charge is 0.0797 e. The molecule has 0 bridgehead atoms. The summed E-state index contributed by atoms with van der Waals surface area (Å²) in [5.41, 5.74) is 3.44. The average molecular weight is 181 g/mol. The van der Waals surface area contributed by atoms with E-state index in [1.165, 1.54) is 37.8 Å². The fourth-order valence-electron chi connectivity index (χ4n) is 2.07. The lowest BCUT2D eigenvalue weighted by Crippen LogP contribution is -2.07. The second-order valence-corrected chi connectivity index (χ2v) is 4.48. The van der Waals surface area contributed by atoms with Crippen LogP contribution in [0.2, 0.25) is 0 Å². The number of fused-ring (bicyclic) bond motifs is 1. The van der Waals surface area contributed by atoms with Gasteiger partial charge in [0, 0.05) is 10.8 Å². The van der Waals surface area contributed by atoms with Gasteiger partial charge in [-0.05, 0) is 25.7 Å². The number of hydrogen-bond donors (Lipinski definition) is 0. The Bertz CT molecular complexity index is 254. The molecule has 0 radical (unpaired) electrons. The van der Waals surface area contributed by atoms with Gasteiger partial charge in [0.1, 0.15) is 0 Å². The van der Waals surface area contributed by atoms with E-state index in [-0.39, 0.29) is 0 Å². The van der Waals surface area contributed by atoms with Crippen molar-refractivity contribution < 1.29 is 0 Å². The summed E-state index contributed by atoms with van der Waals surface area (Å²) in [5, 5.41) is 0. The van der Waals surface area contributed by atoms with Crippen molar-refractivity contribution in [3.63, 3.8) is 0 Å². The summed E-state index contributed by atoms with van der Waals surface area (Å²) >= 11 is 1.84. The number of rotatable bonds is 2. The van der Waals surface area contributed by atoms with E-state index in [1.807, 2.05) is 16.8 Å². The van der Waals surface area contributed by atoms with Gasteiger partial charge in [-0.2, -0.15) is 0 Å². The van der Waals surface area contributed by atoms with Crippen LogP contribution in [0.3, 0.4) is 0 Å². The van der Waals surface area contributed by atoms with Gasteiger partial charge in [-0.15, -0.1) is 11.3 Å². The van der Waals surface area contributed by atoms with Crippen LogP contribution in [0.15, 0.2) is 5.51 Å². The van der Waals surface area contributed by atoms with E-state index in [0.717, 1.165) is 5.92 Å². The lowest BCUT2D eigenvalue weighted by molar-refractivity contribution is 0.508. The zero-order valence-electron chi connectivity index (χ0n) is 7.55. The van der Waals surface area contributed by atoms with Crippen molar-refractivity contribution >= 4 is 11.3 Å². The number of thiazole rings is 1. The van der Waals surface area contributed by atoms with Crippen LogP contribution in [-0.4, -0.2) is 4.98 Å². The zero-order chi connectivity index (χ0) is 8.39. The van der Waals surface area contributed by atoms with Gasteiger partial charge in [-0.1, -0.05) is 13.3 Å². The van der Waals surface area contributed by atoms with Gasteiger partial charge in [0.15, 0.2) is 0 Å². The molecule has 1 aliphatic carbocycles. The molecule has 2 rings (SSSR count). The lowest BCUT2D eigenvalue weighted by atomic mass is 9.88. The second-order valence-electron chi connectivity index (χ2n) is 3.54. The molecule has 0 saturated carbocycles. The molecular weight excluding hydrogens is 166 g/mol. The van der Waals surface area contributed by atoms with Crippen molar-refractivity contribution in [2.45, 2.75) is 44.9 Å². The summed E-state index contributed by atoms with van der Waals surface area (Å²) in [6.07, 6.45) is 6.64. The minimum absolute atomic E-state index is 0.782. The SMILES string of the molecule is CCCC1CCCc2scnc21. The van der Waals surface area contributed by atoms with Gasteiger partial charge in [-0.3, -0.25) is 0 Å². The first-order chi connectivity index (χ1) is 5.92. The molecule has 1 aromatic heterocycles. The van der Waals surface area contributed by atoms with Crippen LogP contribution in [0, 0.1) is 0 Å². The summed E-state index contributed by atoms with van der Waals surface area (Å²) in [5.74, 6) is 0.782. The normalized spacial score (nSPS) is 22.2. The molecule has 0 fully saturated rings. The first-order valence-electron chi connectivity index (χ1n) is 4.84. The van der Waals surface area contributed by atoms with Crippen molar-refractivity contribution in [2.75, 3.05) is 0 Å². The monoisotopic (exact) mass is 181 g/mol. The quantitative estimate of drug-likeness (QED) is 0.681. The second kappa shape index (κ2) is 3.56. The van der Waals surface area contributed by atoms with E-state index < -0.39 is 0 Å². The maximum Gasteiger partial charge on any atom is 0.0797 e. The molecule has 0 amide bonds. The molecule has 2 heteroatoms. The zero-order valence-corrected chi connectivity index (χ0v) is 8.36. The van der Waals surface area contributed by atoms with Crippen LogP contribution in [0.25, 0.3) is 0 Å². The largest absolute Gasteiger partial charge is 0.249 e. The molecule has 0 N–H and O–H groups in total. The van der Waals surface area contributed by atoms with Crippen molar-refractivity contribution in [3.05, 3.63) is 16.1 Å². The van der Waals surface area contributed by atoms with Crippen LogP contribution >= 0.6 is 11.3 Å². The Morgan fingerprint density at radius 2 is 2.58 bits per heavy atom. The van der Waals surface area contributed by atoms with Gasteiger partial charge >= 0.3 is 0 Å². The van der Waals surface area contributed by atoms with Crippen molar-refractivity contribution in [2.24, 2.45) is 0 Å². The topological polar surface area (TPSA) is 12.9 Å². The molecule has 12 heavy (non-hydrogen) atoms. The standard InChI is InChI=1S/C10H15NS/c1-2-4-8-5-3-6-9-10(8)11-7-12-9/h7-8H,2-6H2,1H3. The molecule has 1 heterocycles. The number of aromatic nitrogens is 1. The summed E-state index contributed by atoms with van der Waals surface area (Å²) in [4.78, 5) is 6.03. The van der Waals surface area contributed by atoms with Gasteiger partial charge in [-0.25, -0.2) is 4.98 Å². The van der Waals surface area contributed by atoms with E-state index in [9.17, 15) is 0 Å². The first-order valence-corrected chi connectivity index (χ1v) is 5.72. The Hall–Kier alpha value is -0.370. The number of aryl methyl sites for hydroxylation is 1. The van der Waals surface area contributed by atoms with Crippen LogP contribution in [0.4, 0.5) is 0 Å². The average Bonchev–Trinajstić information content (AvgIpc) is 2.53. The molecule has 0 spiro atoms. The maximum absolute atomic E-state index is 4.48. The summed E-state index contributed by atoms with van der Waals surface area (Å²) < 4.78 is 0. The van der Waals surface area contributed by atoms with Crippen molar-refractivity contribution in [1.82, 2.24) is 4.98 Å². The molecule has 1 atom stereocenters. The van der Waals surface area contributed by atoms with Gasteiger partial charge < -0.3 is 0 Å². The highest BCUT2D eigenvalue weighted by atomic mass is 32.1. The van der Waals surface area contributed by atoms with E-state index in [0.29, 0.717) is 0 Å². The van der Waals surface area contributed by atoms with E-state index in [2.05, 4.69) is 11.9 Å². The molecule has 0 aromatic carbocycles.